The number of benzene rings is 1. The maximum absolute atomic E-state index is 9.20. The molecular formula is C15H11N3O2S. The average Bonchev–Trinajstić information content (AvgIpc) is 2.53. The van der Waals surface area contributed by atoms with Gasteiger partial charge in [-0.1, -0.05) is 12.2 Å². The summed E-state index contributed by atoms with van der Waals surface area (Å²) < 4.78 is 5.57. The van der Waals surface area contributed by atoms with Gasteiger partial charge in [0.15, 0.2) is 0 Å². The summed E-state index contributed by atoms with van der Waals surface area (Å²) in [6.45, 7) is 0.172. The number of aromatic amines is 1. The zero-order valence-electron chi connectivity index (χ0n) is 11.0. The molecule has 0 amide bonds. The lowest BCUT2D eigenvalue weighted by Gasteiger charge is -2.08. The minimum Gasteiger partial charge on any atom is -0.491 e. The zero-order valence-corrected chi connectivity index (χ0v) is 11.8. The quantitative estimate of drug-likeness (QED) is 0.846. The van der Waals surface area contributed by atoms with E-state index in [1.165, 1.54) is 6.07 Å². The highest BCUT2D eigenvalue weighted by atomic mass is 32.1. The smallest absolute Gasteiger partial charge is 0.121 e. The molecule has 0 atom stereocenters. The second-order valence-electron chi connectivity index (χ2n) is 4.12. The molecule has 0 spiro atoms. The van der Waals surface area contributed by atoms with Gasteiger partial charge in [-0.2, -0.15) is 10.5 Å². The van der Waals surface area contributed by atoms with Gasteiger partial charge in [0.2, 0.25) is 0 Å². The Kier molecular flexibility index (Phi) is 4.68. The lowest BCUT2D eigenvalue weighted by molar-refractivity contribution is 0.201. The van der Waals surface area contributed by atoms with Crippen LogP contribution in [0.15, 0.2) is 30.3 Å². The van der Waals surface area contributed by atoms with Gasteiger partial charge in [0.1, 0.15) is 29.1 Å². The highest BCUT2D eigenvalue weighted by Gasteiger charge is 2.09. The van der Waals surface area contributed by atoms with Crippen LogP contribution < -0.4 is 4.74 Å². The van der Waals surface area contributed by atoms with E-state index >= 15 is 0 Å². The van der Waals surface area contributed by atoms with Crippen LogP contribution in [0.3, 0.4) is 0 Å². The number of nitrogens with zero attached hydrogens (tertiary/aromatic N) is 2. The molecule has 0 fully saturated rings. The number of H-pyrrole nitrogens is 1. The van der Waals surface area contributed by atoms with Gasteiger partial charge in [0.25, 0.3) is 0 Å². The van der Waals surface area contributed by atoms with Crippen LogP contribution in [0.2, 0.25) is 0 Å². The fourth-order valence-corrected chi connectivity index (χ4v) is 2.02. The predicted molar refractivity (Wildman–Crippen MR) is 79.1 cm³/mol. The molecule has 6 heteroatoms. The largest absolute Gasteiger partial charge is 0.491 e. The molecule has 0 unspecified atom stereocenters. The molecule has 0 radical (unpaired) electrons. The van der Waals surface area contributed by atoms with E-state index in [1.54, 1.807) is 24.3 Å². The van der Waals surface area contributed by atoms with Gasteiger partial charge in [-0.15, -0.1) is 0 Å². The normalized spacial score (nSPS) is 9.67. The van der Waals surface area contributed by atoms with Crippen molar-refractivity contribution in [2.75, 3.05) is 13.2 Å². The lowest BCUT2D eigenvalue weighted by atomic mass is 10.1. The Labute approximate surface area is 126 Å². The van der Waals surface area contributed by atoms with Crippen molar-refractivity contribution in [2.24, 2.45) is 0 Å². The van der Waals surface area contributed by atoms with Gasteiger partial charge in [-0.05, 0) is 35.9 Å². The molecule has 2 aromatic rings. The van der Waals surface area contributed by atoms with Gasteiger partial charge in [-0.3, -0.25) is 0 Å². The van der Waals surface area contributed by atoms with E-state index in [0.29, 0.717) is 21.6 Å². The minimum atomic E-state index is -0.0525. The number of hydrogen-bond acceptors (Lipinski definition) is 5. The third-order valence-corrected chi connectivity index (χ3v) is 3.11. The number of aliphatic hydroxyl groups is 1. The predicted octanol–water partition coefficient (Wildman–Crippen LogP) is 2.53. The molecular weight excluding hydrogens is 286 g/mol. The second kappa shape index (κ2) is 6.67. The molecule has 1 aromatic heterocycles. The van der Waals surface area contributed by atoms with Gasteiger partial charge in [0, 0.05) is 0 Å². The first kappa shape index (κ1) is 14.7. The second-order valence-corrected chi connectivity index (χ2v) is 4.53. The molecule has 104 valence electrons. The summed E-state index contributed by atoms with van der Waals surface area (Å²) in [7, 11) is 0. The van der Waals surface area contributed by atoms with Crippen molar-refractivity contribution >= 4 is 12.2 Å². The van der Waals surface area contributed by atoms with Crippen molar-refractivity contribution in [3.8, 4) is 29.1 Å². The van der Waals surface area contributed by atoms with Crippen molar-refractivity contribution in [1.82, 2.24) is 4.98 Å². The molecule has 0 saturated carbocycles. The summed E-state index contributed by atoms with van der Waals surface area (Å²) in [6.07, 6.45) is 0. The first-order valence-corrected chi connectivity index (χ1v) is 6.52. The van der Waals surface area contributed by atoms with Crippen LogP contribution in [0.4, 0.5) is 0 Å². The van der Waals surface area contributed by atoms with E-state index in [4.69, 9.17) is 27.3 Å². The molecule has 0 bridgehead atoms. The Hall–Kier alpha value is -2.67. The molecule has 0 saturated heterocycles. The molecule has 0 aliphatic carbocycles. The molecule has 0 aliphatic heterocycles. The van der Waals surface area contributed by atoms with Crippen LogP contribution in [0.5, 0.6) is 5.75 Å². The zero-order chi connectivity index (χ0) is 15.2. The third kappa shape index (κ3) is 3.26. The Morgan fingerprint density at radius 1 is 1.14 bits per heavy atom. The molecule has 2 rings (SSSR count). The Bertz CT molecular complexity index is 783. The van der Waals surface area contributed by atoms with Crippen molar-refractivity contribution in [3.63, 3.8) is 0 Å². The standard InChI is InChI=1S/C15H11N3O2S/c16-8-11-7-12(9-17)15(21)18-14(11)10-1-3-13(4-2-10)20-6-5-19/h1-4,7,19H,5-6H2,(H,18,21). The molecule has 1 aromatic carbocycles. The summed E-state index contributed by atoms with van der Waals surface area (Å²) >= 11 is 5.09. The van der Waals surface area contributed by atoms with Crippen LogP contribution in [0.25, 0.3) is 11.3 Å². The average molecular weight is 297 g/mol. The maximum Gasteiger partial charge on any atom is 0.121 e. The number of aliphatic hydroxyl groups excluding tert-OH is 1. The SMILES string of the molecule is N#Cc1cc(C#N)c(=S)[nH]c1-c1ccc(OCCO)cc1. The van der Waals surface area contributed by atoms with E-state index in [9.17, 15) is 5.26 Å². The molecule has 5 nitrogen and oxygen atoms in total. The minimum absolute atomic E-state index is 0.0525. The van der Waals surface area contributed by atoms with Gasteiger partial charge >= 0.3 is 0 Å². The first-order chi connectivity index (χ1) is 10.2. The van der Waals surface area contributed by atoms with E-state index in [2.05, 4.69) is 11.1 Å². The summed E-state index contributed by atoms with van der Waals surface area (Å²) in [5.41, 5.74) is 1.95. The Morgan fingerprint density at radius 3 is 2.38 bits per heavy atom. The number of pyridine rings is 1. The third-order valence-electron chi connectivity index (χ3n) is 2.79. The summed E-state index contributed by atoms with van der Waals surface area (Å²) in [5, 5.41) is 26.8. The number of nitriles is 2. The van der Waals surface area contributed by atoms with E-state index in [-0.39, 0.29) is 18.8 Å². The molecule has 1 heterocycles. The van der Waals surface area contributed by atoms with Crippen LogP contribution >= 0.6 is 12.2 Å². The molecule has 21 heavy (non-hydrogen) atoms. The first-order valence-electron chi connectivity index (χ1n) is 6.11. The van der Waals surface area contributed by atoms with E-state index < -0.39 is 0 Å². The monoisotopic (exact) mass is 297 g/mol. The van der Waals surface area contributed by atoms with Gasteiger partial charge in [-0.25, -0.2) is 0 Å². The Morgan fingerprint density at radius 2 is 1.81 bits per heavy atom. The highest BCUT2D eigenvalue weighted by molar-refractivity contribution is 7.71. The van der Waals surface area contributed by atoms with Crippen molar-refractivity contribution < 1.29 is 9.84 Å². The Balaban J connectivity index is 2.43. The van der Waals surface area contributed by atoms with Crippen LogP contribution in [0, 0.1) is 27.3 Å². The molecule has 2 N–H and O–H groups in total. The lowest BCUT2D eigenvalue weighted by Crippen LogP contribution is -2.01. The molecule has 0 aliphatic rings. The number of ether oxygens (including phenoxy) is 1. The van der Waals surface area contributed by atoms with E-state index in [1.807, 2.05) is 6.07 Å². The number of nitrogens with one attached hydrogen (secondary N) is 1. The van der Waals surface area contributed by atoms with Crippen LogP contribution in [0.1, 0.15) is 11.1 Å². The summed E-state index contributed by atoms with van der Waals surface area (Å²) in [6, 6.07) is 12.5. The van der Waals surface area contributed by atoms with Crippen LogP contribution in [-0.4, -0.2) is 23.3 Å². The number of aromatic nitrogens is 1. The van der Waals surface area contributed by atoms with Crippen molar-refractivity contribution in [2.45, 2.75) is 0 Å². The van der Waals surface area contributed by atoms with Gasteiger partial charge < -0.3 is 14.8 Å². The topological polar surface area (TPSA) is 92.8 Å². The summed E-state index contributed by atoms with van der Waals surface area (Å²) in [5.74, 6) is 0.624. The van der Waals surface area contributed by atoms with Crippen molar-refractivity contribution in [1.29, 1.82) is 10.5 Å². The maximum atomic E-state index is 9.20. The van der Waals surface area contributed by atoms with Crippen molar-refractivity contribution in [3.05, 3.63) is 46.1 Å². The highest BCUT2D eigenvalue weighted by Crippen LogP contribution is 2.24. The van der Waals surface area contributed by atoms with E-state index in [0.717, 1.165) is 5.56 Å². The van der Waals surface area contributed by atoms with Gasteiger partial charge in [0.05, 0.1) is 23.4 Å². The summed E-state index contributed by atoms with van der Waals surface area (Å²) in [4.78, 5) is 2.91. The number of rotatable bonds is 4. The fourth-order valence-electron chi connectivity index (χ4n) is 1.81. The number of hydrogen-bond donors (Lipinski definition) is 2. The fraction of sp³-hybridized carbons (Fsp3) is 0.133. The van der Waals surface area contributed by atoms with Crippen LogP contribution in [-0.2, 0) is 0 Å².